The molecular weight excluding hydrogens is 145 g/mol. The number of rotatable bonds is 1. The Bertz CT molecular complexity index is 130. The third-order valence-corrected chi connectivity index (χ3v) is 2.48. The standard InChI is InChI=1S/C8H13FNO/c9-7-1-3-10(4-2-7)8-5-11-6-8/h8H,1-6H2. The molecule has 0 unspecified atom stereocenters. The molecule has 0 aliphatic carbocycles. The molecule has 0 amide bonds. The number of piperidine rings is 1. The van der Waals surface area contributed by atoms with Gasteiger partial charge in [0.2, 0.25) is 0 Å². The zero-order valence-electron chi connectivity index (χ0n) is 6.55. The Hall–Kier alpha value is -0.150. The van der Waals surface area contributed by atoms with Crippen LogP contribution in [0.5, 0.6) is 0 Å². The summed E-state index contributed by atoms with van der Waals surface area (Å²) in [5.74, 6) is 0. The van der Waals surface area contributed by atoms with Crippen LogP contribution in [0.25, 0.3) is 0 Å². The first-order chi connectivity index (χ1) is 5.36. The molecule has 1 radical (unpaired) electrons. The van der Waals surface area contributed by atoms with E-state index in [0.29, 0.717) is 18.9 Å². The third kappa shape index (κ3) is 1.54. The van der Waals surface area contributed by atoms with Gasteiger partial charge < -0.3 is 4.74 Å². The van der Waals surface area contributed by atoms with Crippen LogP contribution in [0, 0.1) is 6.17 Å². The lowest BCUT2D eigenvalue weighted by atomic mass is 10.1. The fourth-order valence-electron chi connectivity index (χ4n) is 1.57. The molecule has 0 saturated carbocycles. The molecule has 3 heteroatoms. The Morgan fingerprint density at radius 3 is 2.36 bits per heavy atom. The van der Waals surface area contributed by atoms with E-state index in [9.17, 15) is 4.39 Å². The van der Waals surface area contributed by atoms with Gasteiger partial charge >= 0.3 is 0 Å². The minimum absolute atomic E-state index is 0.168. The molecule has 0 spiro atoms. The van der Waals surface area contributed by atoms with Crippen molar-refractivity contribution < 1.29 is 9.13 Å². The molecule has 0 atom stereocenters. The lowest BCUT2D eigenvalue weighted by Gasteiger charge is -2.39. The van der Waals surface area contributed by atoms with Gasteiger partial charge in [-0.15, -0.1) is 0 Å². The van der Waals surface area contributed by atoms with Gasteiger partial charge in [-0.25, -0.2) is 4.39 Å². The van der Waals surface area contributed by atoms with Gasteiger partial charge in [0, 0.05) is 13.1 Å². The zero-order chi connectivity index (χ0) is 7.68. The maximum Gasteiger partial charge on any atom is 0.147 e. The third-order valence-electron chi connectivity index (χ3n) is 2.48. The smallest absolute Gasteiger partial charge is 0.147 e. The minimum atomic E-state index is 0.168. The van der Waals surface area contributed by atoms with Crippen LogP contribution < -0.4 is 0 Å². The Balaban J connectivity index is 1.77. The van der Waals surface area contributed by atoms with E-state index in [-0.39, 0.29) is 6.17 Å². The van der Waals surface area contributed by atoms with Crippen LogP contribution in [0.2, 0.25) is 0 Å². The van der Waals surface area contributed by atoms with Crippen LogP contribution in [0.15, 0.2) is 0 Å². The number of hydrogen-bond donors (Lipinski definition) is 0. The molecule has 2 heterocycles. The molecule has 0 bridgehead atoms. The van der Waals surface area contributed by atoms with Crippen LogP contribution in [0.1, 0.15) is 12.8 Å². The highest BCUT2D eigenvalue weighted by Gasteiger charge is 2.29. The first-order valence-electron chi connectivity index (χ1n) is 4.18. The fourth-order valence-corrected chi connectivity index (χ4v) is 1.57. The van der Waals surface area contributed by atoms with E-state index in [4.69, 9.17) is 4.74 Å². The molecule has 0 aromatic carbocycles. The molecule has 2 saturated heterocycles. The second kappa shape index (κ2) is 3.07. The summed E-state index contributed by atoms with van der Waals surface area (Å²) in [5.41, 5.74) is 0. The second-order valence-corrected chi connectivity index (χ2v) is 3.24. The van der Waals surface area contributed by atoms with Crippen molar-refractivity contribution >= 4 is 0 Å². The molecule has 0 N–H and O–H groups in total. The molecule has 0 aromatic heterocycles. The van der Waals surface area contributed by atoms with E-state index in [1.165, 1.54) is 0 Å². The van der Waals surface area contributed by atoms with Gasteiger partial charge in [-0.2, -0.15) is 0 Å². The molecule has 0 aromatic rings. The maximum atomic E-state index is 12.6. The van der Waals surface area contributed by atoms with E-state index in [1.54, 1.807) is 0 Å². The molecule has 2 aliphatic rings. The topological polar surface area (TPSA) is 12.5 Å². The van der Waals surface area contributed by atoms with Crippen molar-refractivity contribution in [3.05, 3.63) is 6.17 Å². The van der Waals surface area contributed by atoms with Gasteiger partial charge in [-0.1, -0.05) is 0 Å². The monoisotopic (exact) mass is 158 g/mol. The number of likely N-dealkylation sites (tertiary alicyclic amines) is 1. The first-order valence-corrected chi connectivity index (χ1v) is 4.18. The van der Waals surface area contributed by atoms with E-state index in [1.807, 2.05) is 0 Å². The van der Waals surface area contributed by atoms with Crippen LogP contribution in [-0.4, -0.2) is 37.2 Å². The number of ether oxygens (including phenoxy) is 1. The summed E-state index contributed by atoms with van der Waals surface area (Å²) in [7, 11) is 0. The normalized spacial score (nSPS) is 30.3. The summed E-state index contributed by atoms with van der Waals surface area (Å²) in [6.45, 7) is 3.48. The predicted molar refractivity (Wildman–Crippen MR) is 39.8 cm³/mol. The molecule has 2 aliphatic heterocycles. The van der Waals surface area contributed by atoms with Crippen molar-refractivity contribution in [3.63, 3.8) is 0 Å². The Labute approximate surface area is 66.3 Å². The van der Waals surface area contributed by atoms with Gasteiger partial charge in [-0.05, 0) is 12.8 Å². The number of hydrogen-bond acceptors (Lipinski definition) is 2. The van der Waals surface area contributed by atoms with Crippen LogP contribution >= 0.6 is 0 Å². The lowest BCUT2D eigenvalue weighted by Crippen LogP contribution is -2.51. The van der Waals surface area contributed by atoms with Crippen LogP contribution in [0.4, 0.5) is 4.39 Å². The van der Waals surface area contributed by atoms with Crippen molar-refractivity contribution in [2.45, 2.75) is 18.9 Å². The highest BCUT2D eigenvalue weighted by Crippen LogP contribution is 2.23. The summed E-state index contributed by atoms with van der Waals surface area (Å²) in [6.07, 6.45) is 1.44. The van der Waals surface area contributed by atoms with Gasteiger partial charge in [0.1, 0.15) is 6.17 Å². The number of halogens is 1. The number of nitrogens with zero attached hydrogens (tertiary/aromatic N) is 1. The van der Waals surface area contributed by atoms with Crippen molar-refractivity contribution in [1.29, 1.82) is 0 Å². The van der Waals surface area contributed by atoms with Gasteiger partial charge in [0.15, 0.2) is 0 Å². The Morgan fingerprint density at radius 1 is 1.27 bits per heavy atom. The average molecular weight is 158 g/mol. The van der Waals surface area contributed by atoms with Crippen molar-refractivity contribution in [2.24, 2.45) is 0 Å². The van der Waals surface area contributed by atoms with Gasteiger partial charge in [-0.3, -0.25) is 4.90 Å². The summed E-state index contributed by atoms with van der Waals surface area (Å²) in [6, 6.07) is 0.586. The minimum Gasteiger partial charge on any atom is -0.378 e. The molecular formula is C8H13FNO. The van der Waals surface area contributed by atoms with E-state index >= 15 is 0 Å². The average Bonchev–Trinajstić information content (AvgIpc) is 1.90. The summed E-state index contributed by atoms with van der Waals surface area (Å²) in [5, 5.41) is 0. The molecule has 2 nitrogen and oxygen atoms in total. The van der Waals surface area contributed by atoms with E-state index in [0.717, 1.165) is 26.3 Å². The highest BCUT2D eigenvalue weighted by atomic mass is 19.1. The Kier molecular flexibility index (Phi) is 2.09. The van der Waals surface area contributed by atoms with Crippen LogP contribution in [0.3, 0.4) is 0 Å². The highest BCUT2D eigenvalue weighted by molar-refractivity contribution is 4.89. The largest absolute Gasteiger partial charge is 0.378 e. The van der Waals surface area contributed by atoms with Gasteiger partial charge in [0.25, 0.3) is 0 Å². The summed E-state index contributed by atoms with van der Waals surface area (Å²) in [4.78, 5) is 2.33. The van der Waals surface area contributed by atoms with Crippen molar-refractivity contribution in [2.75, 3.05) is 26.3 Å². The van der Waals surface area contributed by atoms with Gasteiger partial charge in [0.05, 0.1) is 19.3 Å². The predicted octanol–water partition coefficient (Wildman–Crippen LogP) is 0.982. The SMILES string of the molecule is F[C]1CCN(C2COC2)CC1. The first kappa shape index (κ1) is 7.50. The molecule has 2 rings (SSSR count). The van der Waals surface area contributed by atoms with Crippen LogP contribution in [-0.2, 0) is 4.74 Å². The van der Waals surface area contributed by atoms with E-state index in [2.05, 4.69) is 4.90 Å². The van der Waals surface area contributed by atoms with E-state index < -0.39 is 0 Å². The van der Waals surface area contributed by atoms with Crippen molar-refractivity contribution in [3.8, 4) is 0 Å². The fraction of sp³-hybridized carbons (Fsp3) is 0.875. The van der Waals surface area contributed by atoms with Crippen molar-refractivity contribution in [1.82, 2.24) is 4.90 Å². The lowest BCUT2D eigenvalue weighted by molar-refractivity contribution is -0.0704. The Morgan fingerprint density at radius 2 is 1.91 bits per heavy atom. The summed E-state index contributed by atoms with van der Waals surface area (Å²) >= 11 is 0. The molecule has 11 heavy (non-hydrogen) atoms. The zero-order valence-corrected chi connectivity index (χ0v) is 6.55. The molecule has 2 fully saturated rings. The quantitative estimate of drug-likeness (QED) is 0.564. The molecule has 63 valence electrons. The second-order valence-electron chi connectivity index (χ2n) is 3.24. The summed E-state index contributed by atoms with van der Waals surface area (Å²) < 4.78 is 17.7. The maximum absolute atomic E-state index is 12.6.